The van der Waals surface area contributed by atoms with Crippen molar-refractivity contribution < 1.29 is 13.9 Å². The Labute approximate surface area is 206 Å². The summed E-state index contributed by atoms with van der Waals surface area (Å²) in [4.78, 5) is 18.6. The third kappa shape index (κ3) is 7.65. The van der Waals surface area contributed by atoms with Gasteiger partial charge < -0.3 is 20.3 Å². The minimum atomic E-state index is -0.315. The van der Waals surface area contributed by atoms with E-state index in [0.29, 0.717) is 44.3 Å². The van der Waals surface area contributed by atoms with Crippen molar-refractivity contribution in [2.45, 2.75) is 45.4 Å². The van der Waals surface area contributed by atoms with Crippen LogP contribution in [0.1, 0.15) is 37.3 Å². The van der Waals surface area contributed by atoms with Crippen LogP contribution in [-0.2, 0) is 17.9 Å². The van der Waals surface area contributed by atoms with Crippen LogP contribution in [-0.4, -0.2) is 43.0 Å². The van der Waals surface area contributed by atoms with Gasteiger partial charge in [-0.25, -0.2) is 4.39 Å². The molecule has 1 atom stereocenters. The summed E-state index contributed by atoms with van der Waals surface area (Å²) in [5.74, 6) is 1.03. The second-order valence-electron chi connectivity index (χ2n) is 7.61. The third-order valence-corrected chi connectivity index (χ3v) is 5.33. The van der Waals surface area contributed by atoms with Gasteiger partial charge in [0.05, 0.1) is 6.54 Å². The largest absolute Gasteiger partial charge is 0.489 e. The van der Waals surface area contributed by atoms with Crippen LogP contribution in [0.5, 0.6) is 5.75 Å². The van der Waals surface area contributed by atoms with Crippen LogP contribution in [0, 0.1) is 5.82 Å². The third-order valence-electron chi connectivity index (χ3n) is 5.33. The first-order valence-corrected chi connectivity index (χ1v) is 10.8. The minimum Gasteiger partial charge on any atom is -0.489 e. The van der Waals surface area contributed by atoms with E-state index in [-0.39, 0.29) is 41.8 Å². The molecule has 1 heterocycles. The van der Waals surface area contributed by atoms with Crippen molar-refractivity contribution in [1.82, 2.24) is 15.5 Å². The summed E-state index contributed by atoms with van der Waals surface area (Å²) < 4.78 is 19.2. The molecule has 0 saturated carbocycles. The Morgan fingerprint density at radius 3 is 2.50 bits per heavy atom. The molecule has 2 aromatic carbocycles. The Morgan fingerprint density at radius 2 is 1.88 bits per heavy atom. The average molecular weight is 554 g/mol. The first-order chi connectivity index (χ1) is 15.1. The quantitative estimate of drug-likeness (QED) is 0.212. The molecule has 6 nitrogen and oxygen atoms in total. The molecule has 0 saturated heterocycles. The lowest BCUT2D eigenvalue weighted by molar-refractivity contribution is -0.131. The number of fused-ring (bicyclic) bond motifs is 1. The van der Waals surface area contributed by atoms with Crippen molar-refractivity contribution in [2.75, 3.05) is 20.1 Å². The van der Waals surface area contributed by atoms with Crippen LogP contribution in [0.4, 0.5) is 4.39 Å². The van der Waals surface area contributed by atoms with Crippen LogP contribution in [0.15, 0.2) is 53.5 Å². The maximum atomic E-state index is 13.3. The number of carbonyl (C=O) groups excluding carboxylic acids is 1. The van der Waals surface area contributed by atoms with Crippen LogP contribution < -0.4 is 15.4 Å². The summed E-state index contributed by atoms with van der Waals surface area (Å²) in [6, 6.07) is 14.4. The number of amides is 1. The molecule has 0 fully saturated rings. The van der Waals surface area contributed by atoms with E-state index >= 15 is 0 Å². The van der Waals surface area contributed by atoms with E-state index in [9.17, 15) is 9.18 Å². The predicted octanol–water partition coefficient (Wildman–Crippen LogP) is 4.09. The zero-order valence-corrected chi connectivity index (χ0v) is 21.0. The second-order valence-corrected chi connectivity index (χ2v) is 7.61. The first kappa shape index (κ1) is 25.9. The number of guanidine groups is 1. The Kier molecular flexibility index (Phi) is 10.7. The first-order valence-electron chi connectivity index (χ1n) is 10.8. The highest BCUT2D eigenvalue weighted by molar-refractivity contribution is 14.0. The van der Waals surface area contributed by atoms with Gasteiger partial charge in [-0.1, -0.05) is 37.3 Å². The molecule has 8 heteroatoms. The minimum absolute atomic E-state index is 0. The van der Waals surface area contributed by atoms with Gasteiger partial charge in [0.15, 0.2) is 5.96 Å². The van der Waals surface area contributed by atoms with Crippen molar-refractivity contribution >= 4 is 35.8 Å². The molecular formula is C24H32FIN4O2. The van der Waals surface area contributed by atoms with E-state index in [4.69, 9.17) is 4.74 Å². The van der Waals surface area contributed by atoms with Crippen molar-refractivity contribution in [3.05, 3.63) is 65.5 Å². The zero-order chi connectivity index (χ0) is 22.1. The van der Waals surface area contributed by atoms with Gasteiger partial charge in [-0.05, 0) is 36.1 Å². The number of rotatable bonds is 9. The molecule has 2 aromatic rings. The van der Waals surface area contributed by atoms with Gasteiger partial charge in [0.2, 0.25) is 5.91 Å². The van der Waals surface area contributed by atoms with Crippen LogP contribution in [0.2, 0.25) is 0 Å². The second kappa shape index (κ2) is 13.2. The SMILES string of the molecule is CCC(CNC(=NC)NCCCC(=O)N1Cc2ccccc2C1)Oc1cccc(F)c1.I. The normalized spacial score (nSPS) is 13.7. The molecule has 0 bridgehead atoms. The number of nitrogens with zero attached hydrogens (tertiary/aromatic N) is 2. The summed E-state index contributed by atoms with van der Waals surface area (Å²) in [6.45, 7) is 4.61. The smallest absolute Gasteiger partial charge is 0.223 e. The number of ether oxygens (including phenoxy) is 1. The van der Waals surface area contributed by atoms with E-state index in [1.54, 1.807) is 19.2 Å². The standard InChI is InChI=1S/C24H31FN4O2.HI/c1-3-21(31-22-11-6-10-20(25)14-22)15-28-24(26-2)27-13-7-12-23(30)29-16-18-8-4-5-9-19(18)17-29;/h4-6,8-11,14,21H,3,7,12-13,15-17H2,1-2H3,(H2,26,27,28);1H. The van der Waals surface area contributed by atoms with Crippen molar-refractivity contribution in [3.8, 4) is 5.75 Å². The molecule has 0 spiro atoms. The number of carbonyl (C=O) groups is 1. The van der Waals surface area contributed by atoms with Gasteiger partial charge in [0.25, 0.3) is 0 Å². The molecule has 1 amide bonds. The summed E-state index contributed by atoms with van der Waals surface area (Å²) in [7, 11) is 1.70. The maximum absolute atomic E-state index is 13.3. The molecule has 1 unspecified atom stereocenters. The molecule has 0 aliphatic carbocycles. The highest BCUT2D eigenvalue weighted by atomic mass is 127. The zero-order valence-electron chi connectivity index (χ0n) is 18.6. The molecule has 174 valence electrons. The monoisotopic (exact) mass is 554 g/mol. The number of benzene rings is 2. The lowest BCUT2D eigenvalue weighted by Crippen LogP contribution is -2.42. The predicted molar refractivity (Wildman–Crippen MR) is 136 cm³/mol. The Morgan fingerprint density at radius 1 is 1.16 bits per heavy atom. The Hall–Kier alpha value is -2.36. The van der Waals surface area contributed by atoms with Gasteiger partial charge in [0, 0.05) is 39.2 Å². The molecule has 2 N–H and O–H groups in total. The van der Waals surface area contributed by atoms with Crippen molar-refractivity contribution in [3.63, 3.8) is 0 Å². The number of hydrogen-bond acceptors (Lipinski definition) is 3. The number of nitrogens with one attached hydrogen (secondary N) is 2. The highest BCUT2D eigenvalue weighted by Gasteiger charge is 2.22. The topological polar surface area (TPSA) is 66.0 Å². The molecule has 32 heavy (non-hydrogen) atoms. The number of hydrogen-bond donors (Lipinski definition) is 2. The van der Waals surface area contributed by atoms with Crippen LogP contribution in [0.3, 0.4) is 0 Å². The summed E-state index contributed by atoms with van der Waals surface area (Å²) >= 11 is 0. The molecule has 1 aliphatic heterocycles. The van der Waals surface area contributed by atoms with Gasteiger partial charge in [0.1, 0.15) is 17.7 Å². The summed E-state index contributed by atoms with van der Waals surface area (Å²) in [5, 5.41) is 6.47. The lowest BCUT2D eigenvalue weighted by Gasteiger charge is -2.20. The van der Waals surface area contributed by atoms with E-state index in [1.807, 2.05) is 24.0 Å². The van der Waals surface area contributed by atoms with Crippen molar-refractivity contribution in [2.24, 2.45) is 4.99 Å². The fourth-order valence-electron chi connectivity index (χ4n) is 3.55. The van der Waals surface area contributed by atoms with E-state index in [0.717, 1.165) is 12.8 Å². The molecule has 0 radical (unpaired) electrons. The van der Waals surface area contributed by atoms with Crippen LogP contribution >= 0.6 is 24.0 Å². The van der Waals surface area contributed by atoms with Gasteiger partial charge in [-0.3, -0.25) is 9.79 Å². The number of aliphatic imine (C=N–C) groups is 1. The molecule has 0 aromatic heterocycles. The lowest BCUT2D eigenvalue weighted by atomic mass is 10.1. The maximum Gasteiger partial charge on any atom is 0.223 e. The van der Waals surface area contributed by atoms with Gasteiger partial charge >= 0.3 is 0 Å². The van der Waals surface area contributed by atoms with Gasteiger partial charge in [-0.15, -0.1) is 24.0 Å². The Bertz CT molecular complexity index is 884. The van der Waals surface area contributed by atoms with E-state index in [2.05, 4.69) is 27.8 Å². The highest BCUT2D eigenvalue weighted by Crippen LogP contribution is 2.22. The summed E-state index contributed by atoms with van der Waals surface area (Å²) in [6.07, 6.45) is 1.88. The summed E-state index contributed by atoms with van der Waals surface area (Å²) in [5.41, 5.74) is 2.48. The van der Waals surface area contributed by atoms with E-state index < -0.39 is 0 Å². The van der Waals surface area contributed by atoms with E-state index in [1.165, 1.54) is 23.3 Å². The molecule has 1 aliphatic rings. The number of halogens is 2. The Balaban J connectivity index is 0.00000363. The molecular weight excluding hydrogens is 522 g/mol. The van der Waals surface area contributed by atoms with Crippen LogP contribution in [0.25, 0.3) is 0 Å². The fraction of sp³-hybridized carbons (Fsp3) is 0.417. The van der Waals surface area contributed by atoms with Gasteiger partial charge in [-0.2, -0.15) is 0 Å². The fourth-order valence-corrected chi connectivity index (χ4v) is 3.55. The molecule has 3 rings (SSSR count). The van der Waals surface area contributed by atoms with Crippen molar-refractivity contribution in [1.29, 1.82) is 0 Å². The average Bonchev–Trinajstić information content (AvgIpc) is 3.22.